The number of unbranched alkanes of at least 4 members (excludes halogenated alkanes) is 20. The minimum absolute atomic E-state index is 0.122. The zero-order chi connectivity index (χ0) is 59.9. The minimum Gasteiger partial charge on any atom is -0.462 e. The van der Waals surface area contributed by atoms with Crippen LogP contribution in [0.4, 0.5) is 0 Å². The highest BCUT2D eigenvalue weighted by atomic mass is 16.6. The third kappa shape index (κ3) is 67.4. The summed E-state index contributed by atoms with van der Waals surface area (Å²) in [5.41, 5.74) is 0. The van der Waals surface area contributed by atoms with Gasteiger partial charge in [-0.15, -0.1) is 0 Å². The molecule has 1 atom stereocenters. The van der Waals surface area contributed by atoms with Gasteiger partial charge in [-0.2, -0.15) is 0 Å². The largest absolute Gasteiger partial charge is 0.462 e. The Balaban J connectivity index is 4.53. The molecular weight excluding hydrogens is 1020 g/mol. The van der Waals surface area contributed by atoms with Gasteiger partial charge < -0.3 is 14.2 Å². The van der Waals surface area contributed by atoms with Crippen molar-refractivity contribution in [3.63, 3.8) is 0 Å². The first-order chi connectivity index (χ1) is 41.0. The van der Waals surface area contributed by atoms with Crippen LogP contribution in [0.1, 0.15) is 278 Å². The third-order valence-electron chi connectivity index (χ3n) is 13.7. The third-order valence-corrected chi connectivity index (χ3v) is 13.7. The molecule has 0 aromatic carbocycles. The summed E-state index contributed by atoms with van der Waals surface area (Å²) in [5.74, 6) is -1.01. The summed E-state index contributed by atoms with van der Waals surface area (Å²) >= 11 is 0. The fraction of sp³-hybridized carbons (Fsp3) is 0.597. The van der Waals surface area contributed by atoms with Crippen molar-refractivity contribution in [2.24, 2.45) is 0 Å². The molecule has 0 radical (unpaired) electrons. The predicted molar refractivity (Wildman–Crippen MR) is 361 cm³/mol. The molecule has 0 saturated carbocycles. The Bertz CT molecular complexity index is 1890. The lowest BCUT2D eigenvalue weighted by atomic mass is 10.0. The van der Waals surface area contributed by atoms with Crippen molar-refractivity contribution in [2.75, 3.05) is 13.2 Å². The first-order valence-corrected chi connectivity index (χ1v) is 33.6. The van der Waals surface area contributed by atoms with E-state index in [1.165, 1.54) is 96.3 Å². The van der Waals surface area contributed by atoms with Gasteiger partial charge in [0.15, 0.2) is 6.10 Å². The number of carbonyl (C=O) groups excluding carboxylic acids is 3. The highest BCUT2D eigenvalue weighted by Gasteiger charge is 2.19. The number of ether oxygens (including phenoxy) is 3. The molecule has 0 aliphatic carbocycles. The second kappa shape index (κ2) is 69.3. The highest BCUT2D eigenvalue weighted by molar-refractivity contribution is 5.71. The molecule has 0 aliphatic heterocycles. The van der Waals surface area contributed by atoms with Crippen LogP contribution in [0.2, 0.25) is 0 Å². The molecule has 83 heavy (non-hydrogen) atoms. The van der Waals surface area contributed by atoms with Gasteiger partial charge in [0, 0.05) is 19.3 Å². The minimum atomic E-state index is -0.828. The van der Waals surface area contributed by atoms with E-state index in [0.717, 1.165) is 135 Å². The Morgan fingerprint density at radius 2 is 0.482 bits per heavy atom. The van der Waals surface area contributed by atoms with E-state index in [1.807, 2.05) is 0 Å². The molecule has 0 fully saturated rings. The van der Waals surface area contributed by atoms with Gasteiger partial charge in [0.1, 0.15) is 13.2 Å². The van der Waals surface area contributed by atoms with Gasteiger partial charge in [-0.25, -0.2) is 0 Å². The standard InChI is InChI=1S/C77H122O6/c1-4-7-10-13-16-19-22-25-28-31-33-35-37-38-40-41-43-46-49-52-55-58-61-64-67-70-76(79)82-73-74(72-81-75(78)69-66-63-60-57-54-51-48-45-30-27-24-21-18-15-12-9-6-3)83-77(80)71-68-65-62-59-56-53-50-47-44-42-39-36-34-32-29-26-23-20-17-14-11-8-5-2/h7,9-10,12,16,18-19,21,23,25-28,30,32-35,38,40,43,46,48,51-52,55,57,60,74H,4-6,8,11,13-15,17,20,22,24,29,31,36-37,39,41-42,44-45,47,49-50,53-54,56,58-59,61-73H2,1-3H3/b10-7-,12-9-,19-16-,21-18-,26-23-,28-25-,30-27-,34-32-,35-33-,40-38-,46-43-,51-48-,55-52-,60-57-. The Labute approximate surface area is 511 Å². The molecule has 0 spiro atoms. The molecule has 0 bridgehead atoms. The van der Waals surface area contributed by atoms with E-state index in [0.29, 0.717) is 19.3 Å². The first kappa shape index (κ1) is 77.8. The van der Waals surface area contributed by atoms with Crippen LogP contribution < -0.4 is 0 Å². The predicted octanol–water partition coefficient (Wildman–Crippen LogP) is 23.4. The Morgan fingerprint density at radius 3 is 0.795 bits per heavy atom. The van der Waals surface area contributed by atoms with E-state index in [-0.39, 0.29) is 37.5 Å². The number of hydrogen-bond acceptors (Lipinski definition) is 6. The lowest BCUT2D eigenvalue weighted by molar-refractivity contribution is -0.167. The van der Waals surface area contributed by atoms with Crippen LogP contribution in [0.3, 0.4) is 0 Å². The normalized spacial score (nSPS) is 13.2. The number of rotatable bonds is 59. The van der Waals surface area contributed by atoms with Gasteiger partial charge >= 0.3 is 17.9 Å². The van der Waals surface area contributed by atoms with Crippen LogP contribution in [0, 0.1) is 0 Å². The van der Waals surface area contributed by atoms with Crippen molar-refractivity contribution < 1.29 is 28.6 Å². The van der Waals surface area contributed by atoms with E-state index >= 15 is 0 Å². The highest BCUT2D eigenvalue weighted by Crippen LogP contribution is 2.15. The van der Waals surface area contributed by atoms with Crippen molar-refractivity contribution in [3.8, 4) is 0 Å². The molecule has 1 unspecified atom stereocenters. The monoisotopic (exact) mass is 1140 g/mol. The summed E-state index contributed by atoms with van der Waals surface area (Å²) in [4.78, 5) is 38.4. The average Bonchev–Trinajstić information content (AvgIpc) is 3.49. The van der Waals surface area contributed by atoms with Crippen molar-refractivity contribution >= 4 is 17.9 Å². The molecule has 6 nitrogen and oxygen atoms in total. The Morgan fingerprint density at radius 1 is 0.253 bits per heavy atom. The molecule has 0 aromatic heterocycles. The smallest absolute Gasteiger partial charge is 0.306 e. The molecule has 0 N–H and O–H groups in total. The fourth-order valence-corrected chi connectivity index (χ4v) is 8.72. The maximum atomic E-state index is 13.0. The second-order valence-electron chi connectivity index (χ2n) is 21.6. The molecule has 0 saturated heterocycles. The van der Waals surface area contributed by atoms with Gasteiger partial charge in [-0.3, -0.25) is 14.4 Å². The van der Waals surface area contributed by atoms with Gasteiger partial charge in [0.05, 0.1) is 0 Å². The Hall–Kier alpha value is -5.23. The summed E-state index contributed by atoms with van der Waals surface area (Å²) < 4.78 is 16.9. The van der Waals surface area contributed by atoms with Gasteiger partial charge in [0.25, 0.3) is 0 Å². The van der Waals surface area contributed by atoms with E-state index in [9.17, 15) is 14.4 Å². The number of allylic oxidation sites excluding steroid dienone is 28. The molecule has 0 heterocycles. The van der Waals surface area contributed by atoms with Crippen LogP contribution in [-0.4, -0.2) is 37.2 Å². The molecule has 6 heteroatoms. The van der Waals surface area contributed by atoms with Crippen LogP contribution in [0.5, 0.6) is 0 Å². The fourth-order valence-electron chi connectivity index (χ4n) is 8.72. The number of hydrogen-bond donors (Lipinski definition) is 0. The van der Waals surface area contributed by atoms with Crippen LogP contribution >= 0.6 is 0 Å². The Kier molecular flexibility index (Phi) is 64.9. The van der Waals surface area contributed by atoms with E-state index in [4.69, 9.17) is 14.2 Å². The summed E-state index contributed by atoms with van der Waals surface area (Å²) in [6, 6.07) is 0. The van der Waals surface area contributed by atoms with Gasteiger partial charge in [0.2, 0.25) is 0 Å². The molecule has 0 aromatic rings. The lowest BCUT2D eigenvalue weighted by Gasteiger charge is -2.18. The van der Waals surface area contributed by atoms with Crippen LogP contribution in [0.25, 0.3) is 0 Å². The quantitative estimate of drug-likeness (QED) is 0.0261. The number of carbonyl (C=O) groups is 3. The maximum absolute atomic E-state index is 13.0. The van der Waals surface area contributed by atoms with E-state index in [1.54, 1.807) is 0 Å². The molecule has 0 rings (SSSR count). The van der Waals surface area contributed by atoms with Crippen molar-refractivity contribution in [2.45, 2.75) is 284 Å². The molecule has 0 amide bonds. The van der Waals surface area contributed by atoms with Crippen molar-refractivity contribution in [3.05, 3.63) is 170 Å². The summed E-state index contributed by atoms with van der Waals surface area (Å²) in [5, 5.41) is 0. The van der Waals surface area contributed by atoms with Crippen molar-refractivity contribution in [1.29, 1.82) is 0 Å². The maximum Gasteiger partial charge on any atom is 0.306 e. The topological polar surface area (TPSA) is 78.9 Å². The SMILES string of the molecule is CC/C=C\C/C=C\C/C=C\C/C=C\C/C=C\C/C=C\C/C=C\CCCCCC(=O)OCC(COC(=O)CCC/C=C\C/C=C\C/C=C\C/C=C\C/C=C\CC)OC(=O)CCCCCCCCCCCCC/C=C\C/C=C\CCCCCCC. The zero-order valence-electron chi connectivity index (χ0n) is 53.4. The van der Waals surface area contributed by atoms with Crippen molar-refractivity contribution in [1.82, 2.24) is 0 Å². The van der Waals surface area contributed by atoms with Crippen LogP contribution in [0.15, 0.2) is 170 Å². The van der Waals surface area contributed by atoms with Gasteiger partial charge in [-0.05, 0) is 148 Å². The zero-order valence-corrected chi connectivity index (χ0v) is 53.4. The number of esters is 3. The molecule has 0 aliphatic rings. The summed E-state index contributed by atoms with van der Waals surface area (Å²) in [6.45, 7) is 6.33. The van der Waals surface area contributed by atoms with Gasteiger partial charge in [-0.1, -0.05) is 281 Å². The van der Waals surface area contributed by atoms with Crippen LogP contribution in [-0.2, 0) is 28.6 Å². The summed E-state index contributed by atoms with van der Waals surface area (Å²) in [7, 11) is 0. The second-order valence-corrected chi connectivity index (χ2v) is 21.6. The van der Waals surface area contributed by atoms with E-state index < -0.39 is 6.10 Å². The first-order valence-electron chi connectivity index (χ1n) is 33.6. The van der Waals surface area contributed by atoms with E-state index in [2.05, 4.69) is 191 Å². The lowest BCUT2D eigenvalue weighted by Crippen LogP contribution is -2.30. The molecular formula is C77H122O6. The molecule has 466 valence electrons. The average molecular weight is 1140 g/mol. The summed E-state index contributed by atoms with van der Waals surface area (Å²) in [6.07, 6.45) is 102.